The molecule has 1 rings (SSSR count). The van der Waals surface area contributed by atoms with E-state index in [1.807, 2.05) is 25.6 Å². The third kappa shape index (κ3) is 4.60. The van der Waals surface area contributed by atoms with Crippen molar-refractivity contribution in [2.24, 2.45) is 5.92 Å². The molecule has 1 fully saturated rings. The van der Waals surface area contributed by atoms with Gasteiger partial charge in [0, 0.05) is 18.6 Å². The number of urea groups is 1. The summed E-state index contributed by atoms with van der Waals surface area (Å²) in [6.07, 6.45) is 1.48. The Morgan fingerprint density at radius 2 is 2.21 bits per heavy atom. The van der Waals surface area contributed by atoms with Crippen molar-refractivity contribution in [2.45, 2.75) is 45.7 Å². The minimum absolute atomic E-state index is 0.127. The number of carbonyl (C=O) groups is 2. The summed E-state index contributed by atoms with van der Waals surface area (Å²) in [5.41, 5.74) is 0. The van der Waals surface area contributed by atoms with Gasteiger partial charge >= 0.3 is 12.0 Å². The number of carboxylic acid groups (broad SMARTS) is 1. The van der Waals surface area contributed by atoms with Crippen LogP contribution >= 0.6 is 11.8 Å². The summed E-state index contributed by atoms with van der Waals surface area (Å²) in [7, 11) is 0. The standard InChI is InChI=1S/C13H24N2O3S/c1-4-19-8-6-9(2)14-13(18)15-7-5-11(10(15)3)12(16)17/h9-11H,4-8H2,1-3H3,(H,14,18)(H,16,17). The summed E-state index contributed by atoms with van der Waals surface area (Å²) >= 11 is 1.86. The van der Waals surface area contributed by atoms with Crippen molar-refractivity contribution in [3.05, 3.63) is 0 Å². The summed E-state index contributed by atoms with van der Waals surface area (Å²) in [6, 6.07) is -0.234. The molecule has 5 nitrogen and oxygen atoms in total. The summed E-state index contributed by atoms with van der Waals surface area (Å²) in [5.74, 6) is 0.877. The van der Waals surface area contributed by atoms with Gasteiger partial charge in [0.1, 0.15) is 0 Å². The lowest BCUT2D eigenvalue weighted by molar-refractivity contribution is -0.142. The van der Waals surface area contributed by atoms with E-state index in [0.717, 1.165) is 17.9 Å². The molecule has 6 heteroatoms. The van der Waals surface area contributed by atoms with E-state index >= 15 is 0 Å². The Bertz CT molecular complexity index is 325. The van der Waals surface area contributed by atoms with Gasteiger partial charge < -0.3 is 15.3 Å². The topological polar surface area (TPSA) is 69.6 Å². The van der Waals surface area contributed by atoms with Crippen molar-refractivity contribution in [3.63, 3.8) is 0 Å². The minimum atomic E-state index is -0.810. The van der Waals surface area contributed by atoms with E-state index in [2.05, 4.69) is 12.2 Å². The monoisotopic (exact) mass is 288 g/mol. The third-order valence-corrected chi connectivity index (χ3v) is 4.53. The van der Waals surface area contributed by atoms with Crippen LogP contribution in [0.25, 0.3) is 0 Å². The van der Waals surface area contributed by atoms with Gasteiger partial charge in [-0.1, -0.05) is 6.92 Å². The van der Waals surface area contributed by atoms with Crippen LogP contribution < -0.4 is 5.32 Å². The van der Waals surface area contributed by atoms with Crippen molar-refractivity contribution >= 4 is 23.8 Å². The van der Waals surface area contributed by atoms with Crippen LogP contribution in [0.3, 0.4) is 0 Å². The first-order chi connectivity index (χ1) is 8.97. The van der Waals surface area contributed by atoms with Gasteiger partial charge in [-0.2, -0.15) is 11.8 Å². The van der Waals surface area contributed by atoms with Crippen molar-refractivity contribution in [3.8, 4) is 0 Å². The van der Waals surface area contributed by atoms with Crippen LogP contribution in [-0.4, -0.2) is 52.1 Å². The highest BCUT2D eigenvalue weighted by Crippen LogP contribution is 2.24. The Labute approximate surface area is 119 Å². The van der Waals surface area contributed by atoms with Gasteiger partial charge in [0.2, 0.25) is 0 Å². The Morgan fingerprint density at radius 1 is 1.53 bits per heavy atom. The summed E-state index contributed by atoms with van der Waals surface area (Å²) in [4.78, 5) is 24.7. The average Bonchev–Trinajstić information content (AvgIpc) is 2.71. The smallest absolute Gasteiger partial charge is 0.317 e. The summed E-state index contributed by atoms with van der Waals surface area (Å²) in [5, 5.41) is 12.0. The van der Waals surface area contributed by atoms with Crippen molar-refractivity contribution < 1.29 is 14.7 Å². The van der Waals surface area contributed by atoms with Crippen LogP contribution in [0.2, 0.25) is 0 Å². The van der Waals surface area contributed by atoms with Crippen LogP contribution in [0.1, 0.15) is 33.6 Å². The number of likely N-dealkylation sites (tertiary alicyclic amines) is 1. The summed E-state index contributed by atoms with van der Waals surface area (Å²) < 4.78 is 0. The molecule has 3 unspecified atom stereocenters. The van der Waals surface area contributed by atoms with E-state index in [0.29, 0.717) is 13.0 Å². The van der Waals surface area contributed by atoms with E-state index in [1.54, 1.807) is 4.90 Å². The summed E-state index contributed by atoms with van der Waals surface area (Å²) in [6.45, 7) is 6.44. The van der Waals surface area contributed by atoms with Gasteiger partial charge in [-0.15, -0.1) is 0 Å². The molecule has 1 saturated heterocycles. The fourth-order valence-corrected chi connectivity index (χ4v) is 3.14. The van der Waals surface area contributed by atoms with E-state index < -0.39 is 11.9 Å². The molecule has 0 aliphatic carbocycles. The number of hydrogen-bond acceptors (Lipinski definition) is 3. The Morgan fingerprint density at radius 3 is 2.74 bits per heavy atom. The first kappa shape index (κ1) is 16.1. The molecule has 0 bridgehead atoms. The van der Waals surface area contributed by atoms with Crippen molar-refractivity contribution in [1.29, 1.82) is 0 Å². The van der Waals surface area contributed by atoms with Gasteiger partial charge in [0.15, 0.2) is 0 Å². The van der Waals surface area contributed by atoms with Crippen LogP contribution in [0.15, 0.2) is 0 Å². The second-order valence-corrected chi connectivity index (χ2v) is 6.40. The molecular weight excluding hydrogens is 264 g/mol. The number of thioether (sulfide) groups is 1. The van der Waals surface area contributed by atoms with Gasteiger partial charge in [0.05, 0.1) is 5.92 Å². The average molecular weight is 288 g/mol. The van der Waals surface area contributed by atoms with Crippen LogP contribution in [0, 0.1) is 5.92 Å². The molecule has 1 heterocycles. The molecule has 0 aromatic rings. The van der Waals surface area contributed by atoms with E-state index in [-0.39, 0.29) is 18.1 Å². The van der Waals surface area contributed by atoms with Crippen molar-refractivity contribution in [1.82, 2.24) is 10.2 Å². The highest BCUT2D eigenvalue weighted by atomic mass is 32.2. The molecule has 19 heavy (non-hydrogen) atoms. The predicted octanol–water partition coefficient (Wildman–Crippen LogP) is 2.02. The van der Waals surface area contributed by atoms with Crippen molar-refractivity contribution in [2.75, 3.05) is 18.1 Å². The van der Waals surface area contributed by atoms with Gasteiger partial charge in [-0.05, 0) is 38.2 Å². The SMILES string of the molecule is CCSCCC(C)NC(=O)N1CCC(C(=O)O)C1C. The zero-order valence-corrected chi connectivity index (χ0v) is 12.7. The molecule has 1 aliphatic rings. The fourth-order valence-electron chi connectivity index (χ4n) is 2.33. The lowest BCUT2D eigenvalue weighted by Gasteiger charge is -2.25. The molecule has 0 aromatic carbocycles. The number of nitrogens with zero attached hydrogens (tertiary/aromatic N) is 1. The lowest BCUT2D eigenvalue weighted by atomic mass is 10.0. The number of rotatable bonds is 6. The Balaban J connectivity index is 2.39. The lowest BCUT2D eigenvalue weighted by Crippen LogP contribution is -2.46. The Kier molecular flexibility index (Phi) is 6.48. The second kappa shape index (κ2) is 7.62. The maximum atomic E-state index is 12.1. The van der Waals surface area contributed by atoms with Gasteiger partial charge in [-0.3, -0.25) is 4.79 Å². The number of hydrogen-bond donors (Lipinski definition) is 2. The van der Waals surface area contributed by atoms with E-state index in [1.165, 1.54) is 0 Å². The zero-order valence-electron chi connectivity index (χ0n) is 11.9. The molecular formula is C13H24N2O3S. The molecule has 2 amide bonds. The number of carboxylic acids is 1. The van der Waals surface area contributed by atoms with E-state index in [9.17, 15) is 9.59 Å². The number of amides is 2. The molecule has 0 radical (unpaired) electrons. The molecule has 110 valence electrons. The number of aliphatic carboxylic acids is 1. The largest absolute Gasteiger partial charge is 0.481 e. The highest BCUT2D eigenvalue weighted by molar-refractivity contribution is 7.99. The second-order valence-electron chi connectivity index (χ2n) is 5.00. The fraction of sp³-hybridized carbons (Fsp3) is 0.846. The zero-order chi connectivity index (χ0) is 14.4. The normalized spacial score (nSPS) is 24.3. The van der Waals surface area contributed by atoms with Crippen LogP contribution in [-0.2, 0) is 4.79 Å². The quantitative estimate of drug-likeness (QED) is 0.734. The predicted molar refractivity (Wildman–Crippen MR) is 77.5 cm³/mol. The third-order valence-electron chi connectivity index (χ3n) is 3.60. The molecule has 1 aliphatic heterocycles. The molecule has 2 N–H and O–H groups in total. The molecule has 0 spiro atoms. The maximum absolute atomic E-state index is 12.1. The molecule has 0 saturated carbocycles. The highest BCUT2D eigenvalue weighted by Gasteiger charge is 2.38. The molecule has 0 aromatic heterocycles. The number of nitrogens with one attached hydrogen (secondary N) is 1. The first-order valence-electron chi connectivity index (χ1n) is 6.85. The van der Waals surface area contributed by atoms with Gasteiger partial charge in [-0.25, -0.2) is 4.79 Å². The molecule has 3 atom stereocenters. The maximum Gasteiger partial charge on any atom is 0.317 e. The van der Waals surface area contributed by atoms with Crippen LogP contribution in [0.4, 0.5) is 4.79 Å². The Hall–Kier alpha value is -0.910. The van der Waals surface area contributed by atoms with Gasteiger partial charge in [0.25, 0.3) is 0 Å². The minimum Gasteiger partial charge on any atom is -0.481 e. The van der Waals surface area contributed by atoms with E-state index in [4.69, 9.17) is 5.11 Å². The first-order valence-corrected chi connectivity index (χ1v) is 8.00. The van der Waals surface area contributed by atoms with Crippen LogP contribution in [0.5, 0.6) is 0 Å². The number of carbonyl (C=O) groups excluding carboxylic acids is 1.